The van der Waals surface area contributed by atoms with Crippen molar-refractivity contribution in [1.82, 2.24) is 34.4 Å². The Bertz CT molecular complexity index is 1470. The fourth-order valence-corrected chi connectivity index (χ4v) is 8.68. The number of aromatic nitrogens is 4. The highest BCUT2D eigenvalue weighted by Crippen LogP contribution is 2.57. The lowest BCUT2D eigenvalue weighted by atomic mass is 9.96. The second kappa shape index (κ2) is 12.7. The summed E-state index contributed by atoms with van der Waals surface area (Å²) in [5, 5.41) is 25.0. The van der Waals surface area contributed by atoms with Gasteiger partial charge in [0.1, 0.15) is 29.9 Å². The summed E-state index contributed by atoms with van der Waals surface area (Å²) in [6.07, 6.45) is -3.16. The Morgan fingerprint density at radius 2 is 1.98 bits per heavy atom. The molecule has 2 aromatic heterocycles. The van der Waals surface area contributed by atoms with Gasteiger partial charge in [0, 0.05) is 19.8 Å². The van der Waals surface area contributed by atoms with E-state index in [1.165, 1.54) is 50.8 Å². The van der Waals surface area contributed by atoms with Crippen LogP contribution in [0.1, 0.15) is 33.9 Å². The Balaban J connectivity index is 1.55. The van der Waals surface area contributed by atoms with Gasteiger partial charge in [-0.1, -0.05) is 11.4 Å². The van der Waals surface area contributed by atoms with Gasteiger partial charge < -0.3 is 39.6 Å². The molecule has 0 aliphatic carbocycles. The number of carbonyl (C=O) groups excluding carboxylic acids is 3. The van der Waals surface area contributed by atoms with Gasteiger partial charge in [-0.15, -0.1) is 0 Å². The number of imide groups is 1. The van der Waals surface area contributed by atoms with E-state index in [1.807, 2.05) is 0 Å². The monoisotopic (exact) mass is 660 g/mol. The van der Waals surface area contributed by atoms with Gasteiger partial charge in [-0.2, -0.15) is 9.97 Å². The number of aliphatic hydroxyl groups is 2. The van der Waals surface area contributed by atoms with Crippen molar-refractivity contribution in [2.45, 2.75) is 69.9 Å². The number of nitrogens with two attached hydrogens (primary N) is 1. The molecule has 5 N–H and O–H groups in total. The normalized spacial score (nSPS) is 27.8. The first kappa shape index (κ1) is 33.8. The molecule has 18 nitrogen and oxygen atoms in total. The highest BCUT2D eigenvalue weighted by Gasteiger charge is 2.54. The molecule has 2 saturated heterocycles. The van der Waals surface area contributed by atoms with E-state index in [9.17, 15) is 29.2 Å². The van der Waals surface area contributed by atoms with Crippen molar-refractivity contribution in [3.05, 3.63) is 6.33 Å². The second-order valence-electron chi connectivity index (χ2n) is 10.8. The number of ether oxygens (including phenoxy) is 3. The zero-order valence-electron chi connectivity index (χ0n) is 25.2. The van der Waals surface area contributed by atoms with Crippen LogP contribution in [-0.2, 0) is 28.2 Å². The summed E-state index contributed by atoms with van der Waals surface area (Å²) in [4.78, 5) is 51.9. The van der Waals surface area contributed by atoms with E-state index in [0.29, 0.717) is 11.4 Å². The van der Waals surface area contributed by atoms with Crippen molar-refractivity contribution in [2.24, 2.45) is 0 Å². The fourth-order valence-electron chi connectivity index (χ4n) is 4.71. The molecule has 2 aliphatic rings. The third-order valence-corrected chi connectivity index (χ3v) is 11.2. The molecule has 20 heteroatoms. The molecule has 244 valence electrons. The van der Waals surface area contributed by atoms with Crippen LogP contribution in [0.4, 0.5) is 10.7 Å². The third-order valence-electron chi connectivity index (χ3n) is 7.15. The molecular weight excluding hydrogens is 623 g/mol. The van der Waals surface area contributed by atoms with Crippen LogP contribution in [0, 0.1) is 0 Å². The van der Waals surface area contributed by atoms with Crippen LogP contribution in [0.25, 0.3) is 11.2 Å². The van der Waals surface area contributed by atoms with Crippen molar-refractivity contribution < 1.29 is 47.9 Å². The van der Waals surface area contributed by atoms with Crippen LogP contribution in [0.3, 0.4) is 0 Å². The Morgan fingerprint density at radius 3 is 2.57 bits per heavy atom. The molecule has 2 fully saturated rings. The van der Waals surface area contributed by atoms with Gasteiger partial charge in [-0.05, 0) is 27.7 Å². The number of rotatable bonds is 12. The molecule has 0 aromatic carbocycles. The first-order valence-electron chi connectivity index (χ1n) is 13.5. The van der Waals surface area contributed by atoms with E-state index in [1.54, 1.807) is 13.8 Å². The van der Waals surface area contributed by atoms with Gasteiger partial charge in [0.05, 0.1) is 26.1 Å². The van der Waals surface area contributed by atoms with Crippen molar-refractivity contribution in [3.8, 4) is 5.88 Å². The molecule has 2 aromatic rings. The van der Waals surface area contributed by atoms with Crippen LogP contribution >= 0.6 is 18.1 Å². The summed E-state index contributed by atoms with van der Waals surface area (Å²) in [6.45, 7) is 1.50. The van der Waals surface area contributed by atoms with E-state index in [2.05, 4.69) is 20.0 Å². The fraction of sp³-hybridized carbons (Fsp3) is 0.667. The maximum absolute atomic E-state index is 14.1. The lowest BCUT2D eigenvalue weighted by Crippen LogP contribution is -2.44. The minimum absolute atomic E-state index is 0.0951. The van der Waals surface area contributed by atoms with Crippen LogP contribution in [0.2, 0.25) is 0 Å². The minimum Gasteiger partial charge on any atom is -0.479 e. The number of urea groups is 1. The lowest BCUT2D eigenvalue weighted by molar-refractivity contribution is -0.149. The summed E-state index contributed by atoms with van der Waals surface area (Å²) in [5.41, 5.74) is 4.28. The van der Waals surface area contributed by atoms with E-state index >= 15 is 0 Å². The summed E-state index contributed by atoms with van der Waals surface area (Å²) in [6, 6.07) is -2.56. The number of nitrogens with zero attached hydrogens (tertiary/aromatic N) is 6. The Hall–Kier alpha value is -3.06. The van der Waals surface area contributed by atoms with Crippen molar-refractivity contribution in [3.63, 3.8) is 0 Å². The number of esters is 1. The number of nitrogens with one attached hydrogen (secondary N) is 1. The predicted octanol–water partition coefficient (Wildman–Crippen LogP) is 0.106. The molecule has 0 radical (unpaired) electrons. The summed E-state index contributed by atoms with van der Waals surface area (Å²) in [7, 11) is 4.16. The number of methoxy groups -OCH3 is 1. The number of fused-ring (bicyclic) bond motifs is 1. The van der Waals surface area contributed by atoms with E-state index in [0.717, 1.165) is 4.90 Å². The second-order valence-corrected chi connectivity index (χ2v) is 15.2. The van der Waals surface area contributed by atoms with Crippen molar-refractivity contribution in [2.75, 3.05) is 39.3 Å². The molecule has 0 bridgehead atoms. The Morgan fingerprint density at radius 1 is 1.30 bits per heavy atom. The average Bonchev–Trinajstić information content (AvgIpc) is 3.52. The van der Waals surface area contributed by atoms with Gasteiger partial charge in [0.25, 0.3) is 5.91 Å². The SMILES string of the molecule is COc1nc(N)nc2c1ncn2[C@@H]1O[C@H](CO[P@](=O)(N[C@H](C)C(=O)OC(C)C)SCC2C(=O)N(C)C(=O)N2C)[C@@H](O)[C@@]1(C)O. The number of imidazole rings is 1. The van der Waals surface area contributed by atoms with Gasteiger partial charge in [-0.3, -0.25) is 23.6 Å². The number of amides is 3. The van der Waals surface area contributed by atoms with E-state index in [4.69, 9.17) is 24.5 Å². The highest BCUT2D eigenvalue weighted by molar-refractivity contribution is 8.56. The molecule has 1 unspecified atom stereocenters. The molecular formula is C24H37N8O10PS. The van der Waals surface area contributed by atoms with Gasteiger partial charge in [0.15, 0.2) is 17.4 Å². The number of carbonyl (C=O) groups is 3. The summed E-state index contributed by atoms with van der Waals surface area (Å²) < 4.78 is 37.6. The number of nitrogen functional groups attached to an aromatic ring is 1. The molecule has 0 spiro atoms. The quantitative estimate of drug-likeness (QED) is 0.134. The Labute approximate surface area is 256 Å². The number of aliphatic hydroxyl groups excluding tert-OH is 1. The molecule has 44 heavy (non-hydrogen) atoms. The third kappa shape index (κ3) is 6.49. The Kier molecular flexibility index (Phi) is 9.80. The first-order valence-corrected chi connectivity index (χ1v) is 16.7. The van der Waals surface area contributed by atoms with E-state index < -0.39 is 73.5 Å². The predicted molar refractivity (Wildman–Crippen MR) is 156 cm³/mol. The largest absolute Gasteiger partial charge is 0.479 e. The van der Waals surface area contributed by atoms with Crippen molar-refractivity contribution in [1.29, 1.82) is 0 Å². The molecule has 7 atom stereocenters. The number of hydrogen-bond acceptors (Lipinski definition) is 15. The minimum atomic E-state index is -4.06. The zero-order chi connectivity index (χ0) is 32.7. The van der Waals surface area contributed by atoms with Crippen LogP contribution in [0.15, 0.2) is 6.33 Å². The maximum Gasteiger partial charge on any atom is 0.327 e. The molecule has 4 rings (SSSR count). The maximum atomic E-state index is 14.1. The van der Waals surface area contributed by atoms with Gasteiger partial charge >= 0.3 is 18.7 Å². The molecule has 2 aliphatic heterocycles. The van der Waals surface area contributed by atoms with E-state index in [-0.39, 0.29) is 28.7 Å². The summed E-state index contributed by atoms with van der Waals surface area (Å²) >= 11 is 0.701. The standard InChI is InChI=1S/C24H37N8O10PS/c1-11(2)41-20(35)12(3)29-43(38,44-9-13-19(34)31(6)23(36)30(13)5)40-8-14-16(33)24(4,37)21(42-14)32-10-26-15-17(32)27-22(25)28-18(15)39-7/h10-14,16,21,33,37H,8-9H2,1-7H3,(H,29,38)(H2,25,27,28)/t12-,13?,14-,16-,21-,24-,43-/m1/s1. The first-order chi connectivity index (χ1) is 20.5. The number of hydrogen-bond donors (Lipinski definition) is 4. The van der Waals surface area contributed by atoms with Gasteiger partial charge in [0.2, 0.25) is 11.8 Å². The lowest BCUT2D eigenvalue weighted by Gasteiger charge is -2.27. The average molecular weight is 661 g/mol. The van der Waals surface area contributed by atoms with Gasteiger partial charge in [-0.25, -0.2) is 14.9 Å². The van der Waals surface area contributed by atoms with Crippen molar-refractivity contribution >= 4 is 53.1 Å². The number of anilines is 1. The zero-order valence-corrected chi connectivity index (χ0v) is 26.9. The molecule has 0 saturated carbocycles. The molecule has 3 amide bonds. The smallest absolute Gasteiger partial charge is 0.327 e. The topological polar surface area (TPSA) is 234 Å². The van der Waals surface area contributed by atoms with Crippen LogP contribution in [-0.4, -0.2) is 127 Å². The highest BCUT2D eigenvalue weighted by atomic mass is 32.7. The van der Waals surface area contributed by atoms with Crippen LogP contribution < -0.4 is 15.6 Å². The summed E-state index contributed by atoms with van der Waals surface area (Å²) in [5.74, 6) is -1.36. The van der Waals surface area contributed by atoms with Crippen LogP contribution in [0.5, 0.6) is 5.88 Å². The number of likely N-dealkylation sites (N-methyl/N-ethyl adjacent to an activating group) is 2. The molecule has 4 heterocycles.